The summed E-state index contributed by atoms with van der Waals surface area (Å²) in [6, 6.07) is 0. The van der Waals surface area contributed by atoms with Crippen LogP contribution in [0.3, 0.4) is 0 Å². The number of esters is 1. The molecule has 0 aromatic heterocycles. The molecule has 1 rings (SSSR count). The van der Waals surface area contributed by atoms with E-state index < -0.39 is 24.0 Å². The van der Waals surface area contributed by atoms with E-state index in [2.05, 4.69) is 4.74 Å². The van der Waals surface area contributed by atoms with Crippen molar-refractivity contribution in [1.29, 1.82) is 0 Å². The van der Waals surface area contributed by atoms with Gasteiger partial charge in [0.15, 0.2) is 11.9 Å². The maximum absolute atomic E-state index is 11.6. The molecule has 1 saturated carbocycles. The molecule has 1 atom stereocenters. The van der Waals surface area contributed by atoms with Crippen molar-refractivity contribution in [3.63, 3.8) is 0 Å². The van der Waals surface area contributed by atoms with Gasteiger partial charge < -0.3 is 4.74 Å². The normalized spacial score (nSPS) is 23.3. The molecule has 1 unspecified atom stereocenters. The smallest absolute Gasteiger partial charge is 0.448 e. The van der Waals surface area contributed by atoms with E-state index in [0.29, 0.717) is 6.42 Å². The van der Waals surface area contributed by atoms with Gasteiger partial charge >= 0.3 is 12.1 Å². The van der Waals surface area contributed by atoms with Gasteiger partial charge in [-0.2, -0.15) is 13.2 Å². The van der Waals surface area contributed by atoms with Crippen LogP contribution < -0.4 is 0 Å². The van der Waals surface area contributed by atoms with Crippen molar-refractivity contribution in [2.45, 2.75) is 31.5 Å². The third-order valence-corrected chi connectivity index (χ3v) is 1.73. The monoisotopic (exact) mass is 196 g/mol. The summed E-state index contributed by atoms with van der Waals surface area (Å²) in [5.41, 5.74) is 0. The van der Waals surface area contributed by atoms with Gasteiger partial charge in [0.2, 0.25) is 0 Å². The molecule has 0 spiro atoms. The van der Waals surface area contributed by atoms with E-state index in [-0.39, 0.29) is 12.8 Å². The molecule has 1 fully saturated rings. The van der Waals surface area contributed by atoms with Crippen molar-refractivity contribution in [1.82, 2.24) is 0 Å². The average Bonchev–Trinajstić information content (AvgIpc) is 2.34. The Morgan fingerprint density at radius 1 is 1.46 bits per heavy atom. The van der Waals surface area contributed by atoms with Crippen LogP contribution in [0, 0.1) is 0 Å². The van der Waals surface area contributed by atoms with Crippen molar-refractivity contribution in [3.8, 4) is 0 Å². The number of rotatable bonds is 1. The zero-order valence-corrected chi connectivity index (χ0v) is 6.56. The first-order valence-electron chi connectivity index (χ1n) is 3.72. The van der Waals surface area contributed by atoms with Gasteiger partial charge in [-0.3, -0.25) is 4.79 Å². The molecule has 74 valence electrons. The lowest BCUT2D eigenvalue weighted by atomic mass is 10.3. The van der Waals surface area contributed by atoms with Gasteiger partial charge in [0.05, 0.1) is 0 Å². The van der Waals surface area contributed by atoms with Crippen LogP contribution in [-0.2, 0) is 14.3 Å². The van der Waals surface area contributed by atoms with Crippen molar-refractivity contribution in [2.75, 3.05) is 0 Å². The molecule has 0 aliphatic heterocycles. The predicted octanol–water partition coefficient (Wildman–Crippen LogP) is 1.21. The second-order valence-corrected chi connectivity index (χ2v) is 2.75. The lowest BCUT2D eigenvalue weighted by Gasteiger charge is -2.11. The highest BCUT2D eigenvalue weighted by Gasteiger charge is 2.43. The van der Waals surface area contributed by atoms with Crippen LogP contribution in [0.25, 0.3) is 0 Å². The third-order valence-electron chi connectivity index (χ3n) is 1.73. The number of hydrogen-bond donors (Lipinski definition) is 0. The molecule has 13 heavy (non-hydrogen) atoms. The van der Waals surface area contributed by atoms with E-state index in [9.17, 15) is 22.8 Å². The minimum absolute atomic E-state index is 0.190. The molecule has 0 N–H and O–H groups in total. The second kappa shape index (κ2) is 3.35. The Bertz CT molecular complexity index is 234. The number of carbonyl (C=O) groups excluding carboxylic acids is 2. The Morgan fingerprint density at radius 3 is 2.46 bits per heavy atom. The molecule has 0 radical (unpaired) electrons. The summed E-state index contributed by atoms with van der Waals surface area (Å²) in [4.78, 5) is 21.1. The molecule has 6 heteroatoms. The summed E-state index contributed by atoms with van der Waals surface area (Å²) in [5.74, 6) is -2.72. The molecule has 1 aliphatic carbocycles. The Labute approximate surface area is 71.9 Å². The SMILES string of the molecule is O=C1CCCC1OC(=O)C(F)(F)F. The molecule has 0 heterocycles. The minimum Gasteiger partial charge on any atom is -0.448 e. The van der Waals surface area contributed by atoms with E-state index in [4.69, 9.17) is 0 Å². The largest absolute Gasteiger partial charge is 0.490 e. The first kappa shape index (κ1) is 10.0. The number of Topliss-reactive ketones (excluding diaryl/α,β-unsaturated/α-hetero) is 1. The summed E-state index contributed by atoms with van der Waals surface area (Å²) in [6.07, 6.45) is -5.33. The quantitative estimate of drug-likeness (QED) is 0.592. The van der Waals surface area contributed by atoms with E-state index in [0.717, 1.165) is 0 Å². The Morgan fingerprint density at radius 2 is 2.08 bits per heavy atom. The maximum Gasteiger partial charge on any atom is 0.490 e. The highest BCUT2D eigenvalue weighted by molar-refractivity contribution is 5.88. The van der Waals surface area contributed by atoms with Crippen LogP contribution in [0.2, 0.25) is 0 Å². The van der Waals surface area contributed by atoms with Gasteiger partial charge in [-0.05, 0) is 12.8 Å². The van der Waals surface area contributed by atoms with Gasteiger partial charge in [-0.15, -0.1) is 0 Å². The van der Waals surface area contributed by atoms with Gasteiger partial charge in [0.25, 0.3) is 0 Å². The van der Waals surface area contributed by atoms with Crippen molar-refractivity contribution in [3.05, 3.63) is 0 Å². The fourth-order valence-corrected chi connectivity index (χ4v) is 1.10. The number of hydrogen-bond acceptors (Lipinski definition) is 3. The first-order valence-corrected chi connectivity index (χ1v) is 3.72. The molecule has 0 amide bonds. The van der Waals surface area contributed by atoms with E-state index >= 15 is 0 Å². The number of ketones is 1. The Balaban J connectivity index is 2.49. The fourth-order valence-electron chi connectivity index (χ4n) is 1.10. The minimum atomic E-state index is -5.01. The summed E-state index contributed by atoms with van der Waals surface area (Å²) in [7, 11) is 0. The zero-order chi connectivity index (χ0) is 10.1. The number of carbonyl (C=O) groups is 2. The van der Waals surface area contributed by atoms with Crippen LogP contribution >= 0.6 is 0 Å². The lowest BCUT2D eigenvalue weighted by molar-refractivity contribution is -0.204. The average molecular weight is 196 g/mol. The first-order chi connectivity index (χ1) is 5.91. The van der Waals surface area contributed by atoms with Gasteiger partial charge in [0.1, 0.15) is 0 Å². The van der Waals surface area contributed by atoms with Crippen molar-refractivity contribution in [2.24, 2.45) is 0 Å². The molecule has 0 saturated heterocycles. The molecule has 0 aromatic rings. The molecule has 0 bridgehead atoms. The maximum atomic E-state index is 11.6. The third kappa shape index (κ3) is 2.43. The van der Waals surface area contributed by atoms with Crippen LogP contribution in [0.15, 0.2) is 0 Å². The van der Waals surface area contributed by atoms with Crippen LogP contribution in [-0.4, -0.2) is 24.0 Å². The van der Waals surface area contributed by atoms with E-state index in [1.165, 1.54) is 0 Å². The Hall–Kier alpha value is -1.07. The van der Waals surface area contributed by atoms with E-state index in [1.807, 2.05) is 0 Å². The Kier molecular flexibility index (Phi) is 2.58. The van der Waals surface area contributed by atoms with Crippen LogP contribution in [0.5, 0.6) is 0 Å². The molecule has 1 aliphatic rings. The van der Waals surface area contributed by atoms with E-state index in [1.54, 1.807) is 0 Å². The predicted molar refractivity (Wildman–Crippen MR) is 34.8 cm³/mol. The summed E-state index contributed by atoms with van der Waals surface area (Å²) in [6.45, 7) is 0. The summed E-state index contributed by atoms with van der Waals surface area (Å²) < 4.78 is 38.9. The fraction of sp³-hybridized carbons (Fsp3) is 0.714. The van der Waals surface area contributed by atoms with Gasteiger partial charge in [0, 0.05) is 6.42 Å². The lowest BCUT2D eigenvalue weighted by Crippen LogP contribution is -2.31. The van der Waals surface area contributed by atoms with Crippen molar-refractivity contribution < 1.29 is 27.5 Å². The van der Waals surface area contributed by atoms with Gasteiger partial charge in [-0.25, -0.2) is 4.79 Å². The zero-order valence-electron chi connectivity index (χ0n) is 6.56. The molecular formula is C7H7F3O3. The number of ether oxygens (including phenoxy) is 1. The van der Waals surface area contributed by atoms with Crippen LogP contribution in [0.4, 0.5) is 13.2 Å². The molecule has 3 nitrogen and oxygen atoms in total. The topological polar surface area (TPSA) is 43.4 Å². The van der Waals surface area contributed by atoms with Gasteiger partial charge in [-0.1, -0.05) is 0 Å². The molecule has 0 aromatic carbocycles. The summed E-state index contributed by atoms with van der Waals surface area (Å²) in [5, 5.41) is 0. The highest BCUT2D eigenvalue weighted by atomic mass is 19.4. The second-order valence-electron chi connectivity index (χ2n) is 2.75. The standard InChI is InChI=1S/C7H7F3O3/c8-7(9,10)6(12)13-5-3-1-2-4(5)11/h5H,1-3H2. The molecular weight excluding hydrogens is 189 g/mol. The van der Waals surface area contributed by atoms with Crippen LogP contribution in [0.1, 0.15) is 19.3 Å². The summed E-state index contributed by atoms with van der Waals surface area (Å²) >= 11 is 0. The number of halogens is 3. The highest BCUT2D eigenvalue weighted by Crippen LogP contribution is 2.23. The van der Waals surface area contributed by atoms with Crippen molar-refractivity contribution >= 4 is 11.8 Å². The number of alkyl halides is 3.